The first-order valence-corrected chi connectivity index (χ1v) is 9.09. The summed E-state index contributed by atoms with van der Waals surface area (Å²) >= 11 is 6.00. The molecule has 2 N–H and O–H groups in total. The highest BCUT2D eigenvalue weighted by atomic mass is 35.5. The molecule has 0 fully saturated rings. The number of hydrogen-bond acceptors (Lipinski definition) is 4. The average Bonchev–Trinajstić information content (AvgIpc) is 2.61. The van der Waals surface area contributed by atoms with Crippen molar-refractivity contribution in [2.24, 2.45) is 0 Å². The average molecular weight is 381 g/mol. The number of benzene rings is 2. The first kappa shape index (κ1) is 18.9. The van der Waals surface area contributed by atoms with Gasteiger partial charge in [-0.3, -0.25) is 4.79 Å². The van der Waals surface area contributed by atoms with Gasteiger partial charge in [-0.25, -0.2) is 9.97 Å². The van der Waals surface area contributed by atoms with Crippen molar-refractivity contribution in [1.29, 1.82) is 0 Å². The topological polar surface area (TPSA) is 66.9 Å². The lowest BCUT2D eigenvalue weighted by molar-refractivity contribution is 0.102. The molecule has 27 heavy (non-hydrogen) atoms. The molecule has 1 aromatic heterocycles. The van der Waals surface area contributed by atoms with E-state index in [1.54, 1.807) is 6.07 Å². The molecule has 0 spiro atoms. The minimum absolute atomic E-state index is 0.260. The molecular formula is C21H21ClN4O. The molecule has 138 valence electrons. The summed E-state index contributed by atoms with van der Waals surface area (Å²) in [4.78, 5) is 21.2. The van der Waals surface area contributed by atoms with E-state index >= 15 is 0 Å². The van der Waals surface area contributed by atoms with Crippen LogP contribution >= 0.6 is 11.6 Å². The van der Waals surface area contributed by atoms with Gasteiger partial charge in [-0.15, -0.1) is 0 Å². The van der Waals surface area contributed by atoms with Crippen molar-refractivity contribution in [3.05, 3.63) is 82.1 Å². The smallest absolute Gasteiger partial charge is 0.274 e. The van der Waals surface area contributed by atoms with Gasteiger partial charge >= 0.3 is 0 Å². The zero-order chi connectivity index (χ0) is 19.2. The Labute approximate surface area is 163 Å². The number of carbonyl (C=O) groups is 1. The third-order valence-corrected chi connectivity index (χ3v) is 4.18. The number of halogens is 1. The molecule has 2 aromatic carbocycles. The standard InChI is InChI=1S/C21H21ClN4O/c1-14-5-3-8-18(11-14)25-20(27)19-12-15(2)24-21(26-19)23-10-9-16-6-4-7-17(22)13-16/h3-8,11-13H,9-10H2,1-2H3,(H,25,27)(H,23,24,26). The molecule has 0 aliphatic carbocycles. The molecule has 3 aromatic rings. The fraction of sp³-hybridized carbons (Fsp3) is 0.190. The minimum atomic E-state index is -0.260. The van der Waals surface area contributed by atoms with Crippen LogP contribution in [0, 0.1) is 13.8 Å². The maximum atomic E-state index is 12.5. The van der Waals surface area contributed by atoms with Gasteiger partial charge in [0.15, 0.2) is 0 Å². The van der Waals surface area contributed by atoms with E-state index in [0.717, 1.165) is 34.0 Å². The number of hydrogen-bond donors (Lipinski definition) is 2. The van der Waals surface area contributed by atoms with Crippen LogP contribution in [0.5, 0.6) is 0 Å². The van der Waals surface area contributed by atoms with Crippen molar-refractivity contribution in [3.8, 4) is 0 Å². The van der Waals surface area contributed by atoms with Gasteiger partial charge in [-0.2, -0.15) is 0 Å². The van der Waals surface area contributed by atoms with Crippen molar-refractivity contribution >= 4 is 29.1 Å². The fourth-order valence-corrected chi connectivity index (χ4v) is 2.91. The van der Waals surface area contributed by atoms with Crippen LogP contribution < -0.4 is 10.6 Å². The van der Waals surface area contributed by atoms with Crippen molar-refractivity contribution in [2.45, 2.75) is 20.3 Å². The molecular weight excluding hydrogens is 360 g/mol. The monoisotopic (exact) mass is 380 g/mol. The number of amides is 1. The van der Waals surface area contributed by atoms with E-state index in [1.165, 1.54) is 0 Å². The molecule has 5 nitrogen and oxygen atoms in total. The van der Waals surface area contributed by atoms with Gasteiger partial charge in [0.25, 0.3) is 5.91 Å². The van der Waals surface area contributed by atoms with Crippen LogP contribution in [0.25, 0.3) is 0 Å². The molecule has 0 bridgehead atoms. The fourth-order valence-electron chi connectivity index (χ4n) is 2.69. The Hall–Kier alpha value is -2.92. The van der Waals surface area contributed by atoms with E-state index in [4.69, 9.17) is 11.6 Å². The molecule has 0 aliphatic heterocycles. The summed E-state index contributed by atoms with van der Waals surface area (Å²) < 4.78 is 0. The Morgan fingerprint density at radius 2 is 1.85 bits per heavy atom. The number of carbonyl (C=O) groups excluding carboxylic acids is 1. The SMILES string of the molecule is Cc1cccc(NC(=O)c2cc(C)nc(NCCc3cccc(Cl)c3)n2)c1. The number of rotatable bonds is 6. The molecule has 0 unspecified atom stereocenters. The van der Waals surface area contributed by atoms with Crippen LogP contribution in [0.1, 0.15) is 27.3 Å². The summed E-state index contributed by atoms with van der Waals surface area (Å²) in [5, 5.41) is 6.76. The van der Waals surface area contributed by atoms with Crippen molar-refractivity contribution in [1.82, 2.24) is 9.97 Å². The van der Waals surface area contributed by atoms with Crippen molar-refractivity contribution < 1.29 is 4.79 Å². The van der Waals surface area contributed by atoms with Crippen molar-refractivity contribution in [2.75, 3.05) is 17.2 Å². The highest BCUT2D eigenvalue weighted by Gasteiger charge is 2.11. The van der Waals surface area contributed by atoms with Gasteiger partial charge in [0.2, 0.25) is 5.95 Å². The molecule has 6 heteroatoms. The molecule has 1 heterocycles. The maximum Gasteiger partial charge on any atom is 0.274 e. The second-order valence-corrected chi connectivity index (χ2v) is 6.78. The highest BCUT2D eigenvalue weighted by molar-refractivity contribution is 6.30. The van der Waals surface area contributed by atoms with Gasteiger partial charge in [0.05, 0.1) is 0 Å². The Morgan fingerprint density at radius 3 is 2.63 bits per heavy atom. The number of aryl methyl sites for hydroxylation is 2. The Bertz CT molecular complexity index is 958. The predicted molar refractivity (Wildman–Crippen MR) is 110 cm³/mol. The quantitative estimate of drug-likeness (QED) is 0.653. The third kappa shape index (κ3) is 5.53. The minimum Gasteiger partial charge on any atom is -0.354 e. The largest absolute Gasteiger partial charge is 0.354 e. The van der Waals surface area contributed by atoms with Crippen LogP contribution in [0.15, 0.2) is 54.6 Å². The molecule has 0 saturated heterocycles. The lowest BCUT2D eigenvalue weighted by Gasteiger charge is -2.09. The summed E-state index contributed by atoms with van der Waals surface area (Å²) in [7, 11) is 0. The maximum absolute atomic E-state index is 12.5. The zero-order valence-electron chi connectivity index (χ0n) is 15.3. The summed E-state index contributed by atoms with van der Waals surface area (Å²) in [6, 6.07) is 17.0. The first-order chi connectivity index (χ1) is 13.0. The molecule has 1 amide bonds. The Kier molecular flexibility index (Phi) is 6.04. The highest BCUT2D eigenvalue weighted by Crippen LogP contribution is 2.13. The van der Waals surface area contributed by atoms with E-state index in [2.05, 4.69) is 20.6 Å². The summed E-state index contributed by atoms with van der Waals surface area (Å²) in [5.74, 6) is 0.176. The predicted octanol–water partition coefficient (Wildman–Crippen LogP) is 4.65. The second kappa shape index (κ2) is 8.64. The summed E-state index contributed by atoms with van der Waals surface area (Å²) in [6.45, 7) is 4.46. The van der Waals surface area contributed by atoms with E-state index < -0.39 is 0 Å². The number of anilines is 2. The lowest BCUT2D eigenvalue weighted by Crippen LogP contribution is -2.17. The van der Waals surface area contributed by atoms with Crippen LogP contribution in [-0.4, -0.2) is 22.4 Å². The van der Waals surface area contributed by atoms with Gasteiger partial charge < -0.3 is 10.6 Å². The van der Waals surface area contributed by atoms with Crippen LogP contribution in [0.4, 0.5) is 11.6 Å². The first-order valence-electron chi connectivity index (χ1n) is 8.71. The van der Waals surface area contributed by atoms with Crippen LogP contribution in [0.2, 0.25) is 5.02 Å². The van der Waals surface area contributed by atoms with Crippen LogP contribution in [0.3, 0.4) is 0 Å². The third-order valence-electron chi connectivity index (χ3n) is 3.95. The van der Waals surface area contributed by atoms with E-state index in [0.29, 0.717) is 18.2 Å². The van der Waals surface area contributed by atoms with Gasteiger partial charge in [-0.05, 0) is 61.7 Å². The van der Waals surface area contributed by atoms with E-state index in [1.807, 2.05) is 62.4 Å². The molecule has 0 radical (unpaired) electrons. The summed E-state index contributed by atoms with van der Waals surface area (Å²) in [6.07, 6.45) is 0.780. The van der Waals surface area contributed by atoms with Gasteiger partial charge in [0.1, 0.15) is 5.69 Å². The molecule has 0 atom stereocenters. The van der Waals surface area contributed by atoms with E-state index in [9.17, 15) is 4.79 Å². The zero-order valence-corrected chi connectivity index (χ0v) is 16.0. The number of nitrogens with zero attached hydrogens (tertiary/aromatic N) is 2. The second-order valence-electron chi connectivity index (χ2n) is 6.35. The molecule has 0 aliphatic rings. The van der Waals surface area contributed by atoms with Gasteiger partial charge in [-0.1, -0.05) is 35.9 Å². The Morgan fingerprint density at radius 1 is 1.04 bits per heavy atom. The van der Waals surface area contributed by atoms with Crippen LogP contribution in [-0.2, 0) is 6.42 Å². The lowest BCUT2D eigenvalue weighted by atomic mass is 10.1. The Balaban J connectivity index is 1.65. The normalized spacial score (nSPS) is 10.5. The number of aromatic nitrogens is 2. The van der Waals surface area contributed by atoms with Gasteiger partial charge in [0, 0.05) is 22.9 Å². The van der Waals surface area contributed by atoms with E-state index in [-0.39, 0.29) is 5.91 Å². The summed E-state index contributed by atoms with van der Waals surface area (Å²) in [5.41, 5.74) is 4.00. The van der Waals surface area contributed by atoms with Crippen molar-refractivity contribution in [3.63, 3.8) is 0 Å². The molecule has 0 saturated carbocycles. The molecule has 3 rings (SSSR count). The number of nitrogens with one attached hydrogen (secondary N) is 2.